The van der Waals surface area contributed by atoms with Crippen molar-refractivity contribution in [1.82, 2.24) is 9.78 Å². The summed E-state index contributed by atoms with van der Waals surface area (Å²) in [6.07, 6.45) is 0. The first-order valence-electron chi connectivity index (χ1n) is 9.93. The summed E-state index contributed by atoms with van der Waals surface area (Å²) in [4.78, 5) is 0.0449. The molecule has 0 saturated carbocycles. The second-order valence-electron chi connectivity index (χ2n) is 7.73. The molecule has 0 radical (unpaired) electrons. The fourth-order valence-electron chi connectivity index (χ4n) is 3.65. The molecule has 1 aromatic heterocycles. The van der Waals surface area contributed by atoms with Crippen molar-refractivity contribution >= 4 is 33.2 Å². The molecule has 4 aromatic rings. The minimum absolute atomic E-state index is 0.0449. The lowest BCUT2D eigenvalue weighted by atomic mass is 9.93. The van der Waals surface area contributed by atoms with Gasteiger partial charge < -0.3 is 0 Å². The number of benzene rings is 3. The van der Waals surface area contributed by atoms with Crippen LogP contribution < -0.4 is 5.14 Å². The predicted molar refractivity (Wildman–Crippen MR) is 130 cm³/mol. The van der Waals surface area contributed by atoms with Crippen LogP contribution in [0, 0.1) is 0 Å². The van der Waals surface area contributed by atoms with E-state index in [1.807, 2.05) is 53.2 Å². The molecule has 0 aliphatic heterocycles. The number of primary sulfonamides is 1. The smallest absolute Gasteiger partial charge is 0.232 e. The molecule has 0 amide bonds. The minimum atomic E-state index is -3.79. The monoisotopic (exact) mass is 485 g/mol. The Bertz CT molecular complexity index is 1360. The van der Waals surface area contributed by atoms with Crippen LogP contribution in [0.25, 0.3) is 28.2 Å². The van der Waals surface area contributed by atoms with Gasteiger partial charge in [-0.25, -0.2) is 18.2 Å². The normalized spacial score (nSPS) is 11.8. The number of rotatable bonds is 5. The molecule has 0 atom stereocenters. The van der Waals surface area contributed by atoms with Crippen molar-refractivity contribution in [3.8, 4) is 28.2 Å². The zero-order chi connectivity index (χ0) is 23.0. The van der Waals surface area contributed by atoms with E-state index in [2.05, 4.69) is 13.8 Å². The number of nitrogens with zero attached hydrogens (tertiary/aromatic N) is 2. The minimum Gasteiger partial charge on any atom is -0.232 e. The Hall–Kier alpha value is -2.64. The first kappa shape index (κ1) is 22.6. The summed E-state index contributed by atoms with van der Waals surface area (Å²) in [5.74, 6) is 0.156. The maximum Gasteiger partial charge on any atom is 0.238 e. The Morgan fingerprint density at radius 3 is 1.78 bits per heavy atom. The van der Waals surface area contributed by atoms with E-state index in [9.17, 15) is 8.42 Å². The van der Waals surface area contributed by atoms with Gasteiger partial charge in [-0.2, -0.15) is 5.10 Å². The lowest BCUT2D eigenvalue weighted by molar-refractivity contribution is 0.598. The van der Waals surface area contributed by atoms with Gasteiger partial charge in [0.2, 0.25) is 10.0 Å². The van der Waals surface area contributed by atoms with Crippen LogP contribution >= 0.6 is 23.2 Å². The van der Waals surface area contributed by atoms with Crippen LogP contribution in [0.15, 0.2) is 77.7 Å². The summed E-state index contributed by atoms with van der Waals surface area (Å²) in [6.45, 7) is 4.23. The highest BCUT2D eigenvalue weighted by molar-refractivity contribution is 7.89. The topological polar surface area (TPSA) is 78.0 Å². The van der Waals surface area contributed by atoms with E-state index in [4.69, 9.17) is 33.4 Å². The van der Waals surface area contributed by atoms with Crippen molar-refractivity contribution in [3.05, 3.63) is 88.4 Å². The lowest BCUT2D eigenvalue weighted by Gasteiger charge is -2.13. The van der Waals surface area contributed by atoms with Crippen LogP contribution in [0.3, 0.4) is 0 Å². The van der Waals surface area contributed by atoms with Crippen LogP contribution in [-0.2, 0) is 10.0 Å². The summed E-state index contributed by atoms with van der Waals surface area (Å²) in [5.41, 5.74) is 5.39. The average Bonchev–Trinajstić information content (AvgIpc) is 3.15. The summed E-state index contributed by atoms with van der Waals surface area (Å²) >= 11 is 12.2. The Morgan fingerprint density at radius 1 is 0.812 bits per heavy atom. The van der Waals surface area contributed by atoms with Crippen molar-refractivity contribution in [2.45, 2.75) is 24.7 Å². The fourth-order valence-corrected chi connectivity index (χ4v) is 4.41. The Morgan fingerprint density at radius 2 is 1.31 bits per heavy atom. The second kappa shape index (κ2) is 8.71. The van der Waals surface area contributed by atoms with Crippen LogP contribution in [0.4, 0.5) is 0 Å². The molecule has 0 fully saturated rings. The van der Waals surface area contributed by atoms with Crippen molar-refractivity contribution < 1.29 is 8.42 Å². The van der Waals surface area contributed by atoms with Crippen molar-refractivity contribution in [2.24, 2.45) is 5.14 Å². The maximum atomic E-state index is 11.7. The quantitative estimate of drug-likeness (QED) is 0.361. The Labute approximate surface area is 197 Å². The SMILES string of the molecule is CC(C)c1c(-c2ccc(Cl)cc2)nn(-c2ccc(S(N)(=O)=O)cc2)c1-c1ccc(Cl)cc1. The molecule has 2 N–H and O–H groups in total. The van der Waals surface area contributed by atoms with Gasteiger partial charge in [0.15, 0.2) is 0 Å². The largest absolute Gasteiger partial charge is 0.238 e. The molecule has 5 nitrogen and oxygen atoms in total. The molecule has 32 heavy (non-hydrogen) atoms. The molecule has 0 bridgehead atoms. The molecule has 0 aliphatic rings. The van der Waals surface area contributed by atoms with Crippen LogP contribution in [0.5, 0.6) is 0 Å². The summed E-state index contributed by atoms with van der Waals surface area (Å²) < 4.78 is 25.2. The maximum absolute atomic E-state index is 11.7. The van der Waals surface area contributed by atoms with E-state index in [-0.39, 0.29) is 10.8 Å². The predicted octanol–water partition coefficient (Wildman–Crippen LogP) is 6.28. The van der Waals surface area contributed by atoms with E-state index in [1.165, 1.54) is 12.1 Å². The average molecular weight is 486 g/mol. The zero-order valence-corrected chi connectivity index (χ0v) is 19.8. The van der Waals surface area contributed by atoms with Crippen molar-refractivity contribution in [2.75, 3.05) is 0 Å². The van der Waals surface area contributed by atoms with Gasteiger partial charge in [0.25, 0.3) is 0 Å². The number of nitrogens with two attached hydrogens (primary N) is 1. The molecule has 1 heterocycles. The molecule has 0 aliphatic carbocycles. The molecular weight excluding hydrogens is 465 g/mol. The van der Waals surface area contributed by atoms with Crippen molar-refractivity contribution in [3.63, 3.8) is 0 Å². The van der Waals surface area contributed by atoms with Crippen molar-refractivity contribution in [1.29, 1.82) is 0 Å². The van der Waals surface area contributed by atoms with Gasteiger partial charge in [0.1, 0.15) is 0 Å². The highest BCUT2D eigenvalue weighted by atomic mass is 35.5. The Balaban J connectivity index is 2.00. The zero-order valence-electron chi connectivity index (χ0n) is 17.5. The molecule has 164 valence electrons. The second-order valence-corrected chi connectivity index (χ2v) is 10.2. The van der Waals surface area contributed by atoms with Gasteiger partial charge in [-0.1, -0.05) is 61.3 Å². The molecule has 4 rings (SSSR count). The van der Waals surface area contributed by atoms with Gasteiger partial charge in [-0.05, 0) is 54.4 Å². The van der Waals surface area contributed by atoms with E-state index < -0.39 is 10.0 Å². The van der Waals surface area contributed by atoms with E-state index in [1.54, 1.807) is 12.1 Å². The number of halogens is 2. The molecule has 0 saturated heterocycles. The molecular formula is C24H21Cl2N3O2S. The van der Waals surface area contributed by atoms with Gasteiger partial charge in [0, 0.05) is 26.7 Å². The van der Waals surface area contributed by atoms with Gasteiger partial charge in [-0.15, -0.1) is 0 Å². The highest BCUT2D eigenvalue weighted by Gasteiger charge is 2.24. The first-order chi connectivity index (χ1) is 15.1. The highest BCUT2D eigenvalue weighted by Crippen LogP contribution is 2.39. The standard InChI is InChI=1S/C24H21Cl2N3O2S/c1-15(2)22-23(16-3-7-18(25)8-4-16)28-29(24(22)17-5-9-19(26)10-6-17)20-11-13-21(14-12-20)32(27,30)31/h3-15H,1-2H3,(H2,27,30,31). The summed E-state index contributed by atoms with van der Waals surface area (Å²) in [5, 5.41) is 11.5. The summed E-state index contributed by atoms with van der Waals surface area (Å²) in [7, 11) is -3.79. The Kier molecular flexibility index (Phi) is 6.14. The van der Waals surface area contributed by atoms with Crippen LogP contribution in [-0.4, -0.2) is 18.2 Å². The molecule has 8 heteroatoms. The number of hydrogen-bond donors (Lipinski definition) is 1. The van der Waals surface area contributed by atoms with Crippen LogP contribution in [0.1, 0.15) is 25.3 Å². The lowest BCUT2D eigenvalue weighted by Crippen LogP contribution is -2.12. The van der Waals surface area contributed by atoms with E-state index >= 15 is 0 Å². The summed E-state index contributed by atoms with van der Waals surface area (Å²) in [6, 6.07) is 21.5. The van der Waals surface area contributed by atoms with Gasteiger partial charge in [0.05, 0.1) is 22.0 Å². The third kappa shape index (κ3) is 4.45. The number of hydrogen-bond acceptors (Lipinski definition) is 3. The molecule has 0 unspecified atom stereocenters. The number of sulfonamides is 1. The third-order valence-electron chi connectivity index (χ3n) is 5.14. The van der Waals surface area contributed by atoms with Crippen LogP contribution in [0.2, 0.25) is 10.0 Å². The molecule has 0 spiro atoms. The molecule has 3 aromatic carbocycles. The van der Waals surface area contributed by atoms with E-state index in [0.717, 1.165) is 28.1 Å². The van der Waals surface area contributed by atoms with Gasteiger partial charge in [-0.3, -0.25) is 0 Å². The first-order valence-corrected chi connectivity index (χ1v) is 12.2. The van der Waals surface area contributed by atoms with E-state index in [0.29, 0.717) is 15.7 Å². The third-order valence-corrected chi connectivity index (χ3v) is 6.58. The van der Waals surface area contributed by atoms with Gasteiger partial charge >= 0.3 is 0 Å². The number of aromatic nitrogens is 2. The fraction of sp³-hybridized carbons (Fsp3) is 0.125.